The summed E-state index contributed by atoms with van der Waals surface area (Å²) >= 11 is 6.06. The second-order valence-electron chi connectivity index (χ2n) is 4.80. The lowest BCUT2D eigenvalue weighted by Gasteiger charge is -2.25. The van der Waals surface area contributed by atoms with Crippen molar-refractivity contribution in [2.75, 3.05) is 37.6 Å². The molecule has 0 spiro atoms. The Morgan fingerprint density at radius 1 is 1.15 bits per heavy atom. The van der Waals surface area contributed by atoms with Gasteiger partial charge in [0.15, 0.2) is 0 Å². The molecule has 1 aromatic heterocycles. The van der Waals surface area contributed by atoms with Crippen molar-refractivity contribution in [2.45, 2.75) is 33.7 Å². The van der Waals surface area contributed by atoms with Gasteiger partial charge in [0, 0.05) is 25.8 Å². The van der Waals surface area contributed by atoms with E-state index in [0.717, 1.165) is 50.5 Å². The molecule has 114 valence electrons. The number of rotatable bonds is 9. The normalized spacial score (nSPS) is 11.1. The Kier molecular flexibility index (Phi) is 7.88. The second-order valence-corrected chi connectivity index (χ2v) is 5.21. The number of nitrogens with zero attached hydrogens (tertiary/aromatic N) is 3. The van der Waals surface area contributed by atoms with E-state index in [1.165, 1.54) is 0 Å². The third kappa shape index (κ3) is 4.93. The Labute approximate surface area is 127 Å². The van der Waals surface area contributed by atoms with Crippen LogP contribution in [0.1, 0.15) is 32.8 Å². The van der Waals surface area contributed by atoms with Crippen LogP contribution in [0.4, 0.5) is 5.82 Å². The topological polar surface area (TPSA) is 45.4 Å². The highest BCUT2D eigenvalue weighted by Gasteiger charge is 2.09. The van der Waals surface area contributed by atoms with Crippen LogP contribution in [0, 0.1) is 0 Å². The number of nitrogens with two attached hydrogens (primary N) is 1. The average molecular weight is 299 g/mol. The maximum absolute atomic E-state index is 6.06. The Morgan fingerprint density at radius 2 is 1.85 bits per heavy atom. The molecule has 1 aromatic rings. The molecule has 0 unspecified atom stereocenters. The van der Waals surface area contributed by atoms with E-state index in [1.54, 1.807) is 6.20 Å². The van der Waals surface area contributed by atoms with Crippen molar-refractivity contribution in [1.29, 1.82) is 0 Å². The summed E-state index contributed by atoms with van der Waals surface area (Å²) in [5, 5.41) is 0.649. The highest BCUT2D eigenvalue weighted by atomic mass is 35.5. The van der Waals surface area contributed by atoms with Crippen molar-refractivity contribution in [3.8, 4) is 0 Å². The van der Waals surface area contributed by atoms with Gasteiger partial charge in [-0.15, -0.1) is 0 Å². The fraction of sp³-hybridized carbons (Fsp3) is 0.667. The summed E-state index contributed by atoms with van der Waals surface area (Å²) in [7, 11) is 0. The zero-order valence-corrected chi connectivity index (χ0v) is 13.7. The van der Waals surface area contributed by atoms with Crippen LogP contribution in [0.3, 0.4) is 0 Å². The fourth-order valence-corrected chi connectivity index (χ4v) is 2.44. The lowest BCUT2D eigenvalue weighted by atomic mass is 10.2. The molecule has 0 fully saturated rings. The third-order valence-electron chi connectivity index (χ3n) is 3.64. The maximum atomic E-state index is 6.06. The van der Waals surface area contributed by atoms with Crippen LogP contribution >= 0.6 is 11.6 Å². The van der Waals surface area contributed by atoms with E-state index in [-0.39, 0.29) is 0 Å². The van der Waals surface area contributed by atoms with E-state index < -0.39 is 0 Å². The van der Waals surface area contributed by atoms with Gasteiger partial charge >= 0.3 is 0 Å². The highest BCUT2D eigenvalue weighted by molar-refractivity contribution is 6.31. The Morgan fingerprint density at radius 3 is 2.40 bits per heavy atom. The Bertz CT molecular complexity index is 393. The standard InChI is InChI=1S/C15H27ClN4/c1-4-19(5-2)8-7-9-20(6-3)15-10-13(11-17)14(16)12-18-15/h10,12H,4-9,11,17H2,1-3H3. The first-order valence-corrected chi connectivity index (χ1v) is 7.85. The van der Waals surface area contributed by atoms with Crippen LogP contribution in [0.5, 0.6) is 0 Å². The largest absolute Gasteiger partial charge is 0.357 e. The molecule has 0 aliphatic rings. The number of aromatic nitrogens is 1. The molecule has 0 aliphatic heterocycles. The third-order valence-corrected chi connectivity index (χ3v) is 3.98. The van der Waals surface area contributed by atoms with E-state index in [4.69, 9.17) is 17.3 Å². The van der Waals surface area contributed by atoms with Gasteiger partial charge < -0.3 is 15.5 Å². The van der Waals surface area contributed by atoms with E-state index in [0.29, 0.717) is 11.6 Å². The van der Waals surface area contributed by atoms with E-state index in [9.17, 15) is 0 Å². The lowest BCUT2D eigenvalue weighted by molar-refractivity contribution is 0.300. The molecule has 5 heteroatoms. The van der Waals surface area contributed by atoms with Crippen LogP contribution in [-0.4, -0.2) is 42.6 Å². The minimum Gasteiger partial charge on any atom is -0.357 e. The number of hydrogen-bond donors (Lipinski definition) is 1. The summed E-state index contributed by atoms with van der Waals surface area (Å²) in [6.07, 6.45) is 2.84. The Hall–Kier alpha value is -0.840. The molecule has 4 nitrogen and oxygen atoms in total. The van der Waals surface area contributed by atoms with Gasteiger partial charge in [-0.05, 0) is 44.6 Å². The predicted octanol–water partition coefficient (Wildman–Crippen LogP) is 2.75. The number of hydrogen-bond acceptors (Lipinski definition) is 4. The highest BCUT2D eigenvalue weighted by Crippen LogP contribution is 2.20. The second kappa shape index (κ2) is 9.16. The maximum Gasteiger partial charge on any atom is 0.128 e. The number of pyridine rings is 1. The van der Waals surface area contributed by atoms with Crippen LogP contribution in [0.25, 0.3) is 0 Å². The quantitative estimate of drug-likeness (QED) is 0.761. The Balaban J connectivity index is 2.62. The summed E-state index contributed by atoms with van der Waals surface area (Å²) in [6, 6.07) is 2.00. The zero-order chi connectivity index (χ0) is 15.0. The first-order chi connectivity index (χ1) is 9.65. The first kappa shape index (κ1) is 17.2. The molecule has 0 saturated heterocycles. The van der Waals surface area contributed by atoms with E-state index >= 15 is 0 Å². The van der Waals surface area contributed by atoms with Crippen molar-refractivity contribution in [2.24, 2.45) is 5.73 Å². The van der Waals surface area contributed by atoms with Gasteiger partial charge in [0.1, 0.15) is 5.82 Å². The molecule has 20 heavy (non-hydrogen) atoms. The lowest BCUT2D eigenvalue weighted by Crippen LogP contribution is -2.30. The van der Waals surface area contributed by atoms with Crippen molar-refractivity contribution in [1.82, 2.24) is 9.88 Å². The van der Waals surface area contributed by atoms with E-state index in [2.05, 4.69) is 35.6 Å². The summed E-state index contributed by atoms with van der Waals surface area (Å²) in [4.78, 5) is 9.14. The molecule has 0 bridgehead atoms. The first-order valence-electron chi connectivity index (χ1n) is 7.47. The van der Waals surface area contributed by atoms with Gasteiger partial charge in [0.2, 0.25) is 0 Å². The summed E-state index contributed by atoms with van der Waals surface area (Å²) in [5.74, 6) is 0.969. The summed E-state index contributed by atoms with van der Waals surface area (Å²) in [6.45, 7) is 12.3. The average Bonchev–Trinajstić information content (AvgIpc) is 2.48. The van der Waals surface area contributed by atoms with Gasteiger partial charge in [-0.3, -0.25) is 0 Å². The molecule has 2 N–H and O–H groups in total. The fourth-order valence-electron chi connectivity index (χ4n) is 2.26. The van der Waals surface area contributed by atoms with E-state index in [1.807, 2.05) is 6.07 Å². The predicted molar refractivity (Wildman–Crippen MR) is 87.4 cm³/mol. The van der Waals surface area contributed by atoms with Gasteiger partial charge in [0.05, 0.1) is 5.02 Å². The van der Waals surface area contributed by atoms with Gasteiger partial charge in [0.25, 0.3) is 0 Å². The molecular weight excluding hydrogens is 272 g/mol. The summed E-state index contributed by atoms with van der Waals surface area (Å²) in [5.41, 5.74) is 6.66. The van der Waals surface area contributed by atoms with Crippen LogP contribution < -0.4 is 10.6 Å². The van der Waals surface area contributed by atoms with Crippen molar-refractivity contribution in [3.05, 3.63) is 22.8 Å². The van der Waals surface area contributed by atoms with Crippen LogP contribution in [-0.2, 0) is 6.54 Å². The van der Waals surface area contributed by atoms with Crippen molar-refractivity contribution < 1.29 is 0 Å². The molecule has 0 amide bonds. The van der Waals surface area contributed by atoms with Crippen LogP contribution in [0.15, 0.2) is 12.3 Å². The molecule has 0 radical (unpaired) electrons. The minimum absolute atomic E-state index is 0.450. The monoisotopic (exact) mass is 298 g/mol. The van der Waals surface area contributed by atoms with Gasteiger partial charge in [-0.2, -0.15) is 0 Å². The molecule has 0 atom stereocenters. The number of halogens is 1. The minimum atomic E-state index is 0.450. The number of anilines is 1. The molecule has 0 aromatic carbocycles. The van der Waals surface area contributed by atoms with Crippen molar-refractivity contribution in [3.63, 3.8) is 0 Å². The van der Waals surface area contributed by atoms with Gasteiger partial charge in [-0.1, -0.05) is 25.4 Å². The molecule has 1 rings (SSSR count). The molecule has 0 aliphatic carbocycles. The van der Waals surface area contributed by atoms with Crippen molar-refractivity contribution >= 4 is 17.4 Å². The van der Waals surface area contributed by atoms with Gasteiger partial charge in [-0.25, -0.2) is 4.98 Å². The smallest absolute Gasteiger partial charge is 0.128 e. The molecule has 1 heterocycles. The SMILES string of the molecule is CCN(CC)CCCN(CC)c1cc(CN)c(Cl)cn1. The molecule has 0 saturated carbocycles. The van der Waals surface area contributed by atoms with Crippen LogP contribution in [0.2, 0.25) is 5.02 Å². The molecular formula is C15H27ClN4. The zero-order valence-electron chi connectivity index (χ0n) is 12.9. The summed E-state index contributed by atoms with van der Waals surface area (Å²) < 4.78 is 0.